The van der Waals surface area contributed by atoms with E-state index in [1.54, 1.807) is 6.07 Å². The fourth-order valence-electron chi connectivity index (χ4n) is 1.89. The molecule has 0 aliphatic heterocycles. The minimum Gasteiger partial charge on any atom is -0.292 e. The smallest absolute Gasteiger partial charge is 0.190 e. The van der Waals surface area contributed by atoms with Gasteiger partial charge in [0.25, 0.3) is 0 Å². The van der Waals surface area contributed by atoms with Crippen LogP contribution in [0.2, 0.25) is 5.02 Å². The zero-order chi connectivity index (χ0) is 15.6. The van der Waals surface area contributed by atoms with Crippen LogP contribution in [0.3, 0.4) is 0 Å². The van der Waals surface area contributed by atoms with Gasteiger partial charge < -0.3 is 0 Å². The third-order valence-electron chi connectivity index (χ3n) is 2.89. The summed E-state index contributed by atoms with van der Waals surface area (Å²) in [5.74, 6) is -6.02. The van der Waals surface area contributed by atoms with Crippen LogP contribution in [-0.4, -0.2) is 5.78 Å². The normalized spacial score (nSPS) is 11.8. The molecular weight excluding hydrogens is 303 g/mol. The second-order valence-electron chi connectivity index (χ2n) is 4.17. The van der Waals surface area contributed by atoms with Crippen LogP contribution in [0.1, 0.15) is 21.8 Å². The summed E-state index contributed by atoms with van der Waals surface area (Å²) < 4.78 is 41.1. The second kappa shape index (κ2) is 5.98. The zero-order valence-electron chi connectivity index (χ0n) is 10.4. The van der Waals surface area contributed by atoms with Crippen molar-refractivity contribution >= 4 is 17.4 Å². The van der Waals surface area contributed by atoms with Gasteiger partial charge in [-0.25, -0.2) is 13.2 Å². The van der Waals surface area contributed by atoms with Crippen molar-refractivity contribution in [3.63, 3.8) is 0 Å². The molecule has 2 nitrogen and oxygen atoms in total. The number of halogens is 4. The number of hydrogen-bond donors (Lipinski definition) is 0. The van der Waals surface area contributed by atoms with Gasteiger partial charge >= 0.3 is 0 Å². The first-order valence-electron chi connectivity index (χ1n) is 5.79. The molecule has 0 fully saturated rings. The second-order valence-corrected chi connectivity index (χ2v) is 4.57. The Labute approximate surface area is 123 Å². The minimum atomic E-state index is -1.69. The molecule has 0 amide bonds. The molecule has 2 rings (SSSR count). The number of nitriles is 1. The average molecular weight is 310 g/mol. The number of carbonyl (C=O) groups excluding carboxylic acids is 1. The minimum absolute atomic E-state index is 0.283. The lowest BCUT2D eigenvalue weighted by Crippen LogP contribution is -2.16. The Kier molecular flexibility index (Phi) is 4.29. The predicted octanol–water partition coefficient (Wildman–Crippen LogP) is 4.25. The van der Waals surface area contributed by atoms with Crippen molar-refractivity contribution in [1.29, 1.82) is 5.26 Å². The lowest BCUT2D eigenvalue weighted by Gasteiger charge is -2.11. The maximum atomic E-state index is 13.9. The van der Waals surface area contributed by atoms with Gasteiger partial charge in [0.2, 0.25) is 0 Å². The maximum absolute atomic E-state index is 13.9. The van der Waals surface area contributed by atoms with E-state index in [0.717, 1.165) is 18.2 Å². The van der Waals surface area contributed by atoms with E-state index in [1.165, 1.54) is 18.2 Å². The van der Waals surface area contributed by atoms with Gasteiger partial charge in [-0.05, 0) is 18.2 Å². The summed E-state index contributed by atoms with van der Waals surface area (Å²) in [5, 5.41) is 8.80. The van der Waals surface area contributed by atoms with Crippen molar-refractivity contribution in [2.24, 2.45) is 0 Å². The van der Waals surface area contributed by atoms with E-state index >= 15 is 0 Å². The third kappa shape index (κ3) is 2.76. The molecule has 2 aromatic carbocycles. The van der Waals surface area contributed by atoms with Crippen LogP contribution < -0.4 is 0 Å². The Morgan fingerprint density at radius 2 is 1.67 bits per heavy atom. The van der Waals surface area contributed by atoms with E-state index in [1.807, 2.05) is 0 Å². The van der Waals surface area contributed by atoms with Crippen molar-refractivity contribution in [2.75, 3.05) is 0 Å². The van der Waals surface area contributed by atoms with Gasteiger partial charge in [0.05, 0.1) is 16.7 Å². The molecule has 0 aromatic heterocycles. The van der Waals surface area contributed by atoms with Gasteiger partial charge in [0.15, 0.2) is 5.78 Å². The van der Waals surface area contributed by atoms with Crippen LogP contribution in [0.15, 0.2) is 36.4 Å². The average Bonchev–Trinajstić information content (AvgIpc) is 2.44. The maximum Gasteiger partial charge on any atom is 0.190 e. The van der Waals surface area contributed by atoms with Crippen LogP contribution in [0.4, 0.5) is 13.2 Å². The highest BCUT2D eigenvalue weighted by molar-refractivity contribution is 6.30. The summed E-state index contributed by atoms with van der Waals surface area (Å²) in [7, 11) is 0. The molecule has 0 aliphatic rings. The van der Waals surface area contributed by atoms with Crippen molar-refractivity contribution in [3.05, 3.63) is 70.0 Å². The summed E-state index contributed by atoms with van der Waals surface area (Å²) in [5.41, 5.74) is -1.19. The van der Waals surface area contributed by atoms with E-state index in [-0.39, 0.29) is 10.6 Å². The summed E-state index contributed by atoms with van der Waals surface area (Å²) in [4.78, 5) is 12.2. The summed E-state index contributed by atoms with van der Waals surface area (Å²) in [6, 6.07) is 8.17. The van der Waals surface area contributed by atoms with Gasteiger partial charge in [-0.1, -0.05) is 29.8 Å². The summed E-state index contributed by atoms with van der Waals surface area (Å²) in [6.45, 7) is 0. The molecule has 0 heterocycles. The quantitative estimate of drug-likeness (QED) is 0.795. The van der Waals surface area contributed by atoms with E-state index in [0.29, 0.717) is 0 Å². The highest BCUT2D eigenvalue weighted by atomic mass is 35.5. The lowest BCUT2D eigenvalue weighted by molar-refractivity contribution is 0.0969. The lowest BCUT2D eigenvalue weighted by atomic mass is 9.91. The number of Topliss-reactive ketones (excluding diaryl/α,β-unsaturated/α-hetero) is 1. The highest BCUT2D eigenvalue weighted by Gasteiger charge is 2.29. The largest absolute Gasteiger partial charge is 0.292 e. The number of ketones is 1. The SMILES string of the molecule is N#CC(C(=O)c1c(F)cccc1F)c1cccc(Cl)c1F. The van der Waals surface area contributed by atoms with E-state index < -0.39 is 34.7 Å². The van der Waals surface area contributed by atoms with E-state index in [2.05, 4.69) is 0 Å². The molecule has 0 spiro atoms. The Hall–Kier alpha value is -2.32. The van der Waals surface area contributed by atoms with Crippen LogP contribution in [0, 0.1) is 28.8 Å². The molecule has 0 saturated carbocycles. The third-order valence-corrected chi connectivity index (χ3v) is 3.18. The highest BCUT2D eigenvalue weighted by Crippen LogP contribution is 2.28. The predicted molar refractivity (Wildman–Crippen MR) is 70.5 cm³/mol. The van der Waals surface area contributed by atoms with Gasteiger partial charge in [0, 0.05) is 5.56 Å². The number of hydrogen-bond acceptors (Lipinski definition) is 2. The van der Waals surface area contributed by atoms with Crippen molar-refractivity contribution in [1.82, 2.24) is 0 Å². The molecule has 0 N–H and O–H groups in total. The monoisotopic (exact) mass is 309 g/mol. The molecule has 0 radical (unpaired) electrons. The molecule has 2 aromatic rings. The van der Waals surface area contributed by atoms with Crippen molar-refractivity contribution in [3.8, 4) is 6.07 Å². The number of carbonyl (C=O) groups is 1. The Balaban J connectivity index is 2.55. The fourth-order valence-corrected chi connectivity index (χ4v) is 2.07. The molecule has 0 aliphatic carbocycles. The first kappa shape index (κ1) is 15.1. The molecule has 0 bridgehead atoms. The Morgan fingerprint density at radius 3 is 2.24 bits per heavy atom. The summed E-state index contributed by atoms with van der Waals surface area (Å²) >= 11 is 5.58. The van der Waals surface area contributed by atoms with Crippen molar-refractivity contribution in [2.45, 2.75) is 5.92 Å². The molecule has 0 saturated heterocycles. The van der Waals surface area contributed by atoms with Crippen molar-refractivity contribution < 1.29 is 18.0 Å². The van der Waals surface area contributed by atoms with Gasteiger partial charge in [-0.15, -0.1) is 0 Å². The van der Waals surface area contributed by atoms with E-state index in [4.69, 9.17) is 16.9 Å². The molecule has 1 atom stereocenters. The molecule has 6 heteroatoms. The number of nitrogens with zero attached hydrogens (tertiary/aromatic N) is 1. The fraction of sp³-hybridized carbons (Fsp3) is 0.0667. The Morgan fingerprint density at radius 1 is 1.10 bits per heavy atom. The number of rotatable bonds is 3. The summed E-state index contributed by atoms with van der Waals surface area (Å²) in [6.07, 6.45) is 0. The molecular formula is C15H7ClF3NO. The molecule has 1 unspecified atom stereocenters. The van der Waals surface area contributed by atoms with Crippen LogP contribution in [0.25, 0.3) is 0 Å². The number of benzene rings is 2. The Bertz CT molecular complexity index is 735. The van der Waals surface area contributed by atoms with Gasteiger partial charge in [-0.2, -0.15) is 5.26 Å². The standard InChI is InChI=1S/C15H7ClF3NO/c16-10-4-1-3-8(14(10)19)9(7-20)15(21)13-11(17)5-2-6-12(13)18/h1-6,9H. The van der Waals surface area contributed by atoms with Crippen LogP contribution in [0.5, 0.6) is 0 Å². The van der Waals surface area contributed by atoms with E-state index in [9.17, 15) is 18.0 Å². The molecule has 106 valence electrons. The van der Waals surface area contributed by atoms with Gasteiger partial charge in [-0.3, -0.25) is 4.79 Å². The molecule has 21 heavy (non-hydrogen) atoms. The topological polar surface area (TPSA) is 40.9 Å². The van der Waals surface area contributed by atoms with Crippen LogP contribution >= 0.6 is 11.6 Å². The first-order chi connectivity index (χ1) is 9.97. The van der Waals surface area contributed by atoms with Crippen LogP contribution in [-0.2, 0) is 0 Å². The first-order valence-corrected chi connectivity index (χ1v) is 6.17. The zero-order valence-corrected chi connectivity index (χ0v) is 11.2. The van der Waals surface area contributed by atoms with Gasteiger partial charge in [0.1, 0.15) is 23.4 Å².